The highest BCUT2D eigenvalue weighted by Crippen LogP contribution is 2.27. The highest BCUT2D eigenvalue weighted by atomic mass is 32.1. The van der Waals surface area contributed by atoms with Crippen LogP contribution in [0.3, 0.4) is 0 Å². The van der Waals surface area contributed by atoms with Crippen molar-refractivity contribution in [2.45, 2.75) is 11.1 Å². The maximum atomic E-state index is 14.4. The van der Waals surface area contributed by atoms with Crippen molar-refractivity contribution in [3.8, 4) is 23.7 Å². The van der Waals surface area contributed by atoms with Crippen molar-refractivity contribution in [2.75, 3.05) is 0 Å². The van der Waals surface area contributed by atoms with Gasteiger partial charge in [0.1, 0.15) is 11.6 Å². The highest BCUT2D eigenvalue weighted by molar-refractivity contribution is 7.80. The summed E-state index contributed by atoms with van der Waals surface area (Å²) in [5.74, 6) is 3.71. The lowest BCUT2D eigenvalue weighted by molar-refractivity contribution is -0.0696. The first-order valence-corrected chi connectivity index (χ1v) is 8.11. The van der Waals surface area contributed by atoms with E-state index in [-0.39, 0.29) is 10.9 Å². The zero-order valence-electron chi connectivity index (χ0n) is 13.8. The zero-order chi connectivity index (χ0) is 20.5. The molecule has 0 saturated heterocycles. The summed E-state index contributed by atoms with van der Waals surface area (Å²) < 4.78 is 79.3. The summed E-state index contributed by atoms with van der Waals surface area (Å²) in [6.45, 7) is 0. The molecule has 0 aliphatic rings. The van der Waals surface area contributed by atoms with Crippen molar-refractivity contribution < 1.29 is 26.3 Å². The third-order valence-corrected chi connectivity index (χ3v) is 3.93. The van der Waals surface area contributed by atoms with Crippen LogP contribution in [0.4, 0.5) is 26.3 Å². The molecule has 0 amide bonds. The average Bonchev–Trinajstić information content (AvgIpc) is 2.59. The molecule has 0 saturated carbocycles. The van der Waals surface area contributed by atoms with Crippen LogP contribution >= 0.6 is 12.6 Å². The second-order valence-electron chi connectivity index (χ2n) is 5.65. The molecule has 0 spiro atoms. The second kappa shape index (κ2) is 7.53. The van der Waals surface area contributed by atoms with Crippen molar-refractivity contribution in [3.05, 3.63) is 76.6 Å². The van der Waals surface area contributed by atoms with E-state index in [0.29, 0.717) is 5.56 Å². The molecule has 3 aromatic carbocycles. The molecule has 140 valence electrons. The number of benzene rings is 3. The Balaban J connectivity index is 2.09. The highest BCUT2D eigenvalue weighted by Gasteiger charge is 2.24. The molecule has 7 heteroatoms. The number of alkyl halides is 3. The summed E-state index contributed by atoms with van der Waals surface area (Å²) in [7, 11) is 0. The van der Waals surface area contributed by atoms with Gasteiger partial charge in [-0.15, -0.1) is 12.6 Å². The standard InChI is InChI=1S/C21H8F6S/c22-17-11-14-9-13(2-1-12-3-5-15(28)6-4-12)10-18(23)19(14)20(24)16(17)7-8-21(25,26)27/h3-6,9-11,28H. The van der Waals surface area contributed by atoms with Gasteiger partial charge < -0.3 is 0 Å². The maximum Gasteiger partial charge on any atom is 0.458 e. The van der Waals surface area contributed by atoms with Crippen LogP contribution in [-0.2, 0) is 0 Å². The summed E-state index contributed by atoms with van der Waals surface area (Å²) in [4.78, 5) is 0.734. The van der Waals surface area contributed by atoms with Gasteiger partial charge in [-0.1, -0.05) is 17.8 Å². The number of thiol groups is 1. The Kier molecular flexibility index (Phi) is 5.31. The first-order valence-electron chi connectivity index (χ1n) is 7.66. The Morgan fingerprint density at radius 1 is 0.750 bits per heavy atom. The van der Waals surface area contributed by atoms with E-state index in [9.17, 15) is 26.3 Å². The van der Waals surface area contributed by atoms with Gasteiger partial charge in [0.2, 0.25) is 0 Å². The van der Waals surface area contributed by atoms with Crippen LogP contribution in [0.25, 0.3) is 10.8 Å². The molecule has 0 unspecified atom stereocenters. The summed E-state index contributed by atoms with van der Waals surface area (Å²) >= 11 is 4.14. The molecule has 0 fully saturated rings. The van der Waals surface area contributed by atoms with Crippen molar-refractivity contribution in [3.63, 3.8) is 0 Å². The van der Waals surface area contributed by atoms with Crippen LogP contribution in [-0.4, -0.2) is 6.18 Å². The molecule has 0 radical (unpaired) electrons. The van der Waals surface area contributed by atoms with Crippen molar-refractivity contribution in [1.29, 1.82) is 0 Å². The van der Waals surface area contributed by atoms with Crippen molar-refractivity contribution >= 4 is 23.4 Å². The molecule has 0 heterocycles. The fourth-order valence-corrected chi connectivity index (χ4v) is 2.57. The molecular formula is C21H8F6S. The Morgan fingerprint density at radius 2 is 1.39 bits per heavy atom. The van der Waals surface area contributed by atoms with E-state index in [1.807, 2.05) is 0 Å². The summed E-state index contributed by atoms with van der Waals surface area (Å²) in [5, 5.41) is -0.833. The Bertz CT molecular complexity index is 1190. The molecule has 28 heavy (non-hydrogen) atoms. The number of halogens is 6. The zero-order valence-corrected chi connectivity index (χ0v) is 14.7. The monoisotopic (exact) mass is 406 g/mol. The third-order valence-electron chi connectivity index (χ3n) is 3.63. The van der Waals surface area contributed by atoms with Gasteiger partial charge in [-0.2, -0.15) is 13.2 Å². The van der Waals surface area contributed by atoms with Gasteiger partial charge in [0.25, 0.3) is 0 Å². The van der Waals surface area contributed by atoms with Crippen LogP contribution < -0.4 is 0 Å². The number of fused-ring (bicyclic) bond motifs is 1. The lowest BCUT2D eigenvalue weighted by Crippen LogP contribution is -2.03. The minimum absolute atomic E-state index is 0.146. The van der Waals surface area contributed by atoms with E-state index in [4.69, 9.17) is 0 Å². The number of hydrogen-bond donors (Lipinski definition) is 1. The van der Waals surface area contributed by atoms with E-state index >= 15 is 0 Å². The average molecular weight is 406 g/mol. The van der Waals surface area contributed by atoms with Gasteiger partial charge in [0.15, 0.2) is 5.82 Å². The predicted molar refractivity (Wildman–Crippen MR) is 96.4 cm³/mol. The van der Waals surface area contributed by atoms with Crippen molar-refractivity contribution in [2.24, 2.45) is 0 Å². The molecule has 0 aliphatic heterocycles. The molecule has 0 aliphatic carbocycles. The first-order chi connectivity index (χ1) is 13.1. The van der Waals surface area contributed by atoms with Gasteiger partial charge in [-0.25, -0.2) is 13.2 Å². The van der Waals surface area contributed by atoms with Crippen LogP contribution in [0, 0.1) is 41.1 Å². The molecular weight excluding hydrogens is 398 g/mol. The van der Waals surface area contributed by atoms with E-state index < -0.39 is 34.6 Å². The third kappa shape index (κ3) is 4.44. The van der Waals surface area contributed by atoms with Crippen LogP contribution in [0.15, 0.2) is 47.4 Å². The maximum absolute atomic E-state index is 14.4. The Labute approximate surface area is 161 Å². The number of hydrogen-bond acceptors (Lipinski definition) is 1. The van der Waals surface area contributed by atoms with Crippen LogP contribution in [0.1, 0.15) is 16.7 Å². The second-order valence-corrected chi connectivity index (χ2v) is 6.16. The van der Waals surface area contributed by atoms with Gasteiger partial charge in [-0.05, 0) is 47.9 Å². The molecule has 0 atom stereocenters. The fourth-order valence-electron chi connectivity index (χ4n) is 2.42. The molecule has 0 N–H and O–H groups in total. The van der Waals surface area contributed by atoms with Crippen LogP contribution in [0.2, 0.25) is 0 Å². The largest absolute Gasteiger partial charge is 0.458 e. The summed E-state index contributed by atoms with van der Waals surface area (Å²) in [6, 6.07) is 9.69. The van der Waals surface area contributed by atoms with E-state index in [2.05, 4.69) is 24.5 Å². The lowest BCUT2D eigenvalue weighted by atomic mass is 10.0. The normalized spacial score (nSPS) is 10.8. The summed E-state index contributed by atoms with van der Waals surface area (Å²) in [5.41, 5.74) is -0.379. The minimum Gasteiger partial charge on any atom is -0.206 e. The van der Waals surface area contributed by atoms with E-state index in [1.54, 1.807) is 24.3 Å². The molecule has 0 nitrogen and oxygen atoms in total. The first kappa shape index (κ1) is 19.7. The Morgan fingerprint density at radius 3 is 2.04 bits per heavy atom. The van der Waals surface area contributed by atoms with E-state index in [0.717, 1.165) is 22.9 Å². The summed E-state index contributed by atoms with van der Waals surface area (Å²) in [6.07, 6.45) is -4.93. The molecule has 3 aromatic rings. The molecule has 3 rings (SSSR count). The number of rotatable bonds is 0. The smallest absolute Gasteiger partial charge is 0.206 e. The van der Waals surface area contributed by atoms with Crippen LogP contribution in [0.5, 0.6) is 0 Å². The molecule has 0 bridgehead atoms. The lowest BCUT2D eigenvalue weighted by Gasteiger charge is -2.06. The fraction of sp³-hybridized carbons (Fsp3) is 0.0476. The minimum atomic E-state index is -4.93. The molecule has 0 aromatic heterocycles. The topological polar surface area (TPSA) is 0 Å². The quantitative estimate of drug-likeness (QED) is 0.270. The Hall–Kier alpha value is -3.03. The van der Waals surface area contributed by atoms with E-state index in [1.165, 1.54) is 12.0 Å². The van der Waals surface area contributed by atoms with Gasteiger partial charge >= 0.3 is 6.18 Å². The van der Waals surface area contributed by atoms with Gasteiger partial charge in [0, 0.05) is 21.9 Å². The van der Waals surface area contributed by atoms with Gasteiger partial charge in [-0.3, -0.25) is 0 Å². The van der Waals surface area contributed by atoms with Gasteiger partial charge in [0.05, 0.1) is 10.9 Å². The van der Waals surface area contributed by atoms with Crippen molar-refractivity contribution in [1.82, 2.24) is 0 Å². The predicted octanol–water partition coefficient (Wildman–Crippen LogP) is 5.86. The SMILES string of the molecule is Fc1cc2cc(C#Cc3ccc(S)cc3)cc(F)c2c(F)c1C#CC(F)(F)F.